The Morgan fingerprint density at radius 3 is 2.15 bits per heavy atom. The van der Waals surface area contributed by atoms with Crippen molar-refractivity contribution in [3.05, 3.63) is 84.5 Å². The van der Waals surface area contributed by atoms with Crippen molar-refractivity contribution in [2.24, 2.45) is 17.8 Å². The van der Waals surface area contributed by atoms with Crippen molar-refractivity contribution in [2.75, 3.05) is 38.1 Å². The third-order valence-electron chi connectivity index (χ3n) is 9.56. The summed E-state index contributed by atoms with van der Waals surface area (Å²) in [7, 11) is 5.57. The van der Waals surface area contributed by atoms with E-state index in [4.69, 9.17) is 9.47 Å². The van der Waals surface area contributed by atoms with Crippen molar-refractivity contribution in [1.82, 2.24) is 0 Å². The predicted molar refractivity (Wildman–Crippen MR) is 169 cm³/mol. The summed E-state index contributed by atoms with van der Waals surface area (Å²) in [4.78, 5) is 79.8. The molecule has 2 amide bonds. The number of carbonyl (C=O) groups excluding carboxylic acids is 4. The smallest absolute Gasteiger partial charge is 0.301 e. The van der Waals surface area contributed by atoms with Crippen molar-refractivity contribution in [3.8, 4) is 17.2 Å². The highest BCUT2D eigenvalue weighted by molar-refractivity contribution is 6.25. The second-order valence-electron chi connectivity index (χ2n) is 12.2. The number of nitro groups is 2. The first-order valence-corrected chi connectivity index (χ1v) is 14.9. The molecule has 4 aliphatic rings. The van der Waals surface area contributed by atoms with Gasteiger partial charge in [0.2, 0.25) is 11.8 Å². The maximum absolute atomic E-state index is 14.3. The molecule has 2 aromatic carbocycles. The van der Waals surface area contributed by atoms with Crippen LogP contribution in [0.3, 0.4) is 0 Å². The molecule has 1 fully saturated rings. The molecule has 48 heavy (non-hydrogen) atoms. The van der Waals surface area contributed by atoms with Gasteiger partial charge in [-0.3, -0.25) is 39.4 Å². The van der Waals surface area contributed by atoms with E-state index in [0.717, 1.165) is 17.0 Å². The molecule has 0 aromatic heterocycles. The average molecular weight is 659 g/mol. The second-order valence-corrected chi connectivity index (χ2v) is 12.2. The second kappa shape index (κ2) is 11.4. The number of benzene rings is 2. The summed E-state index contributed by atoms with van der Waals surface area (Å²) in [5.74, 6) is -6.05. The number of ketones is 2. The van der Waals surface area contributed by atoms with Crippen LogP contribution in [0, 0.1) is 38.0 Å². The third-order valence-corrected chi connectivity index (χ3v) is 9.56. The molecule has 0 unspecified atom stereocenters. The van der Waals surface area contributed by atoms with Gasteiger partial charge < -0.3 is 19.5 Å². The van der Waals surface area contributed by atoms with Gasteiger partial charge in [-0.1, -0.05) is 11.6 Å². The molecule has 0 bridgehead atoms. The number of phenols is 1. The standard InChI is InChI=1S/C33H30N4O11/c1-14-8-23(38)20-13-19-17(27(28(20)31(14)40)29-24(39)11-16(47-4)12-25(29)48-5)6-7-18-26(19)33(42)35(32(18)41)15-9-21(36(43)44)30(34(2)3)22(10-15)37(45)46/h6,8-12,18-19,26-27,39H,7,13H2,1-5H3/t18-,19+,26-,27-/m0/s1. The lowest BCUT2D eigenvalue weighted by Gasteiger charge is -2.42. The Morgan fingerprint density at radius 2 is 1.58 bits per heavy atom. The van der Waals surface area contributed by atoms with Crippen LogP contribution < -0.4 is 19.3 Å². The first-order chi connectivity index (χ1) is 22.7. The minimum atomic E-state index is -1.08. The quantitative estimate of drug-likeness (QED) is 0.148. The van der Waals surface area contributed by atoms with E-state index in [1.54, 1.807) is 6.08 Å². The van der Waals surface area contributed by atoms with Crippen molar-refractivity contribution in [2.45, 2.75) is 25.7 Å². The molecule has 4 atom stereocenters. The fourth-order valence-corrected chi connectivity index (χ4v) is 7.57. The number of imide groups is 1. The Balaban J connectivity index is 1.52. The molecular formula is C33H30N4O11. The number of fused-ring (bicyclic) bond motifs is 3. The van der Waals surface area contributed by atoms with Crippen LogP contribution in [0.15, 0.2) is 58.7 Å². The van der Waals surface area contributed by atoms with Crippen molar-refractivity contribution in [1.29, 1.82) is 0 Å². The number of carbonyl (C=O) groups is 4. The van der Waals surface area contributed by atoms with Crippen LogP contribution in [0.2, 0.25) is 0 Å². The van der Waals surface area contributed by atoms with E-state index in [9.17, 15) is 44.5 Å². The van der Waals surface area contributed by atoms with Gasteiger partial charge in [0.25, 0.3) is 0 Å². The van der Waals surface area contributed by atoms with Gasteiger partial charge in [0.15, 0.2) is 17.3 Å². The van der Waals surface area contributed by atoms with Gasteiger partial charge in [0.1, 0.15) is 17.2 Å². The van der Waals surface area contributed by atoms with Gasteiger partial charge in [0.05, 0.1) is 41.6 Å². The summed E-state index contributed by atoms with van der Waals surface area (Å²) in [6.07, 6.45) is 2.90. The van der Waals surface area contributed by atoms with E-state index < -0.39 is 68.3 Å². The number of aromatic hydroxyl groups is 1. The molecule has 2 aromatic rings. The van der Waals surface area contributed by atoms with Gasteiger partial charge in [0, 0.05) is 66.6 Å². The van der Waals surface area contributed by atoms with Crippen LogP contribution in [0.1, 0.15) is 31.2 Å². The molecule has 6 rings (SSSR count). The summed E-state index contributed by atoms with van der Waals surface area (Å²) >= 11 is 0. The SMILES string of the molecule is COc1cc(O)c([C@H]2C3=CC[C@@H]4C(=O)N(c5cc([N+](=O)[O-])c(N(C)C)c([N+](=O)[O-])c5)C(=O)[C@@H]4[C@@H]3CC3=C2C(=O)C(C)=CC3=O)c(OC)c1. The number of rotatable bonds is 7. The number of hydrogen-bond donors (Lipinski definition) is 1. The number of methoxy groups -OCH3 is 2. The summed E-state index contributed by atoms with van der Waals surface area (Å²) in [6, 6.07) is 4.79. The zero-order valence-corrected chi connectivity index (χ0v) is 26.5. The minimum absolute atomic E-state index is 0.0207. The number of amides is 2. The molecule has 3 aliphatic carbocycles. The number of Topliss-reactive ketones (excluding diaryl/α,β-unsaturated/α-hetero) is 1. The summed E-state index contributed by atoms with van der Waals surface area (Å²) < 4.78 is 10.9. The molecule has 1 saturated heterocycles. The van der Waals surface area contributed by atoms with Crippen LogP contribution in [0.4, 0.5) is 22.7 Å². The lowest BCUT2D eigenvalue weighted by molar-refractivity contribution is -0.392. The van der Waals surface area contributed by atoms with Crippen molar-refractivity contribution in [3.63, 3.8) is 0 Å². The number of allylic oxidation sites excluding steroid dienone is 6. The van der Waals surface area contributed by atoms with E-state index in [-0.39, 0.29) is 63.7 Å². The van der Waals surface area contributed by atoms with E-state index >= 15 is 0 Å². The highest BCUT2D eigenvalue weighted by Gasteiger charge is 2.57. The topological polar surface area (TPSA) is 200 Å². The lowest BCUT2D eigenvalue weighted by Crippen LogP contribution is -2.40. The molecule has 0 radical (unpaired) electrons. The van der Waals surface area contributed by atoms with E-state index in [1.807, 2.05) is 0 Å². The van der Waals surface area contributed by atoms with Gasteiger partial charge in [-0.2, -0.15) is 0 Å². The molecule has 1 aliphatic heterocycles. The van der Waals surface area contributed by atoms with Crippen molar-refractivity contribution < 1.29 is 43.6 Å². The molecule has 15 heteroatoms. The Labute approximate surface area is 273 Å². The van der Waals surface area contributed by atoms with Crippen LogP contribution in [-0.2, 0) is 19.2 Å². The van der Waals surface area contributed by atoms with E-state index in [2.05, 4.69) is 0 Å². The molecular weight excluding hydrogens is 628 g/mol. The average Bonchev–Trinajstić information content (AvgIpc) is 3.30. The van der Waals surface area contributed by atoms with E-state index in [1.165, 1.54) is 58.3 Å². The summed E-state index contributed by atoms with van der Waals surface area (Å²) in [5.41, 5.74) is -0.790. The molecule has 248 valence electrons. The Hall–Kier alpha value is -5.86. The zero-order chi connectivity index (χ0) is 34.9. The third kappa shape index (κ3) is 4.64. The maximum atomic E-state index is 14.3. The first-order valence-electron chi connectivity index (χ1n) is 14.9. The monoisotopic (exact) mass is 658 g/mol. The Morgan fingerprint density at radius 1 is 0.938 bits per heavy atom. The van der Waals surface area contributed by atoms with Crippen LogP contribution >= 0.6 is 0 Å². The summed E-state index contributed by atoms with van der Waals surface area (Å²) in [5, 5.41) is 35.4. The fourth-order valence-electron chi connectivity index (χ4n) is 7.57. The Kier molecular flexibility index (Phi) is 7.65. The van der Waals surface area contributed by atoms with Crippen LogP contribution in [0.25, 0.3) is 0 Å². The first kappa shape index (κ1) is 32.1. The Bertz CT molecular complexity index is 1940. The van der Waals surface area contributed by atoms with Crippen LogP contribution in [0.5, 0.6) is 17.2 Å². The number of ether oxygens (including phenoxy) is 2. The molecule has 0 saturated carbocycles. The highest BCUT2D eigenvalue weighted by Crippen LogP contribution is 2.58. The van der Waals surface area contributed by atoms with Gasteiger partial charge >= 0.3 is 11.4 Å². The number of anilines is 2. The maximum Gasteiger partial charge on any atom is 0.301 e. The number of nitro benzene ring substituents is 2. The minimum Gasteiger partial charge on any atom is -0.507 e. The zero-order valence-electron chi connectivity index (χ0n) is 26.5. The van der Waals surface area contributed by atoms with Gasteiger partial charge in [-0.15, -0.1) is 0 Å². The lowest BCUT2D eigenvalue weighted by atomic mass is 9.59. The largest absolute Gasteiger partial charge is 0.507 e. The highest BCUT2D eigenvalue weighted by atomic mass is 16.6. The van der Waals surface area contributed by atoms with E-state index in [0.29, 0.717) is 5.57 Å². The normalized spacial score (nSPS) is 23.2. The molecule has 0 spiro atoms. The molecule has 15 nitrogen and oxygen atoms in total. The van der Waals surface area contributed by atoms with Gasteiger partial charge in [-0.05, 0) is 31.8 Å². The molecule has 1 N–H and O–H groups in total. The number of phenolic OH excluding ortho intramolecular Hbond substituents is 1. The number of hydrogen-bond acceptors (Lipinski definition) is 12. The molecule has 1 heterocycles. The fraction of sp³-hybridized carbons (Fsp3) is 0.333. The summed E-state index contributed by atoms with van der Waals surface area (Å²) in [6.45, 7) is 1.51. The van der Waals surface area contributed by atoms with Crippen LogP contribution in [-0.4, -0.2) is 66.6 Å². The van der Waals surface area contributed by atoms with Gasteiger partial charge in [-0.25, -0.2) is 4.90 Å². The van der Waals surface area contributed by atoms with Crippen molar-refractivity contribution >= 4 is 46.1 Å². The number of nitrogens with zero attached hydrogens (tertiary/aromatic N) is 4. The predicted octanol–water partition coefficient (Wildman–Crippen LogP) is 3.93.